The maximum absolute atomic E-state index is 14.1. The largest absolute Gasteiger partial charge is 0.496 e. The van der Waals surface area contributed by atoms with Crippen molar-refractivity contribution in [3.05, 3.63) is 64.8 Å². The van der Waals surface area contributed by atoms with Gasteiger partial charge >= 0.3 is 0 Å². The van der Waals surface area contributed by atoms with Crippen LogP contribution in [0.4, 0.5) is 17.6 Å². The number of amides is 1. The predicted octanol–water partition coefficient (Wildman–Crippen LogP) is 7.16. The Morgan fingerprint density at radius 3 is 2.38 bits per heavy atom. The van der Waals surface area contributed by atoms with Gasteiger partial charge in [-0.05, 0) is 74.0 Å². The molecule has 1 amide bonds. The lowest BCUT2D eigenvalue weighted by Crippen LogP contribution is -2.60. The number of halogens is 4. The summed E-state index contributed by atoms with van der Waals surface area (Å²) in [6.45, 7) is 4.91. The number of nitrogens with zero attached hydrogens (tertiary/aromatic N) is 1. The van der Waals surface area contributed by atoms with E-state index in [1.54, 1.807) is 26.2 Å². The normalized spacial score (nSPS) is 24.3. The Balaban J connectivity index is 1.27. The van der Waals surface area contributed by atoms with E-state index in [1.807, 2.05) is 37.4 Å². The number of carbonyl (C=O) groups excluding carboxylic acids is 1. The van der Waals surface area contributed by atoms with Crippen LogP contribution in [-0.4, -0.2) is 46.8 Å². The zero-order valence-corrected chi connectivity index (χ0v) is 23.1. The Hall–Kier alpha value is -3.07. The molecule has 1 saturated heterocycles. The first kappa shape index (κ1) is 27.1. The van der Waals surface area contributed by atoms with Gasteiger partial charge in [-0.3, -0.25) is 9.69 Å². The van der Waals surface area contributed by atoms with E-state index in [1.165, 1.54) is 0 Å². The smallest absolute Gasteiger partial charge is 0.252 e. The molecule has 1 atom stereocenters. The van der Waals surface area contributed by atoms with E-state index < -0.39 is 22.8 Å². The fraction of sp³-hybridized carbons (Fsp3) is 0.516. The number of hydrogen-bond acceptors (Lipinski definition) is 3. The third kappa shape index (κ3) is 4.86. The van der Waals surface area contributed by atoms with Crippen LogP contribution in [0.5, 0.6) is 5.75 Å². The van der Waals surface area contributed by atoms with Gasteiger partial charge in [0.25, 0.3) is 11.8 Å². The van der Waals surface area contributed by atoms with Gasteiger partial charge in [0.15, 0.2) is 0 Å². The first-order valence-electron chi connectivity index (χ1n) is 13.9. The summed E-state index contributed by atoms with van der Waals surface area (Å²) in [6, 6.07) is 11.1. The molecule has 0 unspecified atom stereocenters. The predicted molar refractivity (Wildman–Crippen MR) is 145 cm³/mol. The molecule has 1 aromatic heterocycles. The van der Waals surface area contributed by atoms with E-state index in [0.29, 0.717) is 31.5 Å². The quantitative estimate of drug-likeness (QED) is 0.317. The first-order valence-corrected chi connectivity index (χ1v) is 13.9. The van der Waals surface area contributed by atoms with Gasteiger partial charge < -0.3 is 15.0 Å². The Morgan fingerprint density at radius 1 is 1.07 bits per heavy atom. The summed E-state index contributed by atoms with van der Waals surface area (Å²) in [6.07, 6.45) is 2.29. The lowest BCUT2D eigenvalue weighted by Gasteiger charge is -2.54. The second-order valence-corrected chi connectivity index (χ2v) is 12.6. The Bertz CT molecular complexity index is 1430. The number of piperidine rings is 1. The monoisotopic (exact) mass is 557 g/mol. The van der Waals surface area contributed by atoms with Crippen LogP contribution in [0.25, 0.3) is 10.9 Å². The Kier molecular flexibility index (Phi) is 6.25. The fourth-order valence-corrected chi connectivity index (χ4v) is 7.43. The van der Waals surface area contributed by atoms with Crippen LogP contribution in [0.3, 0.4) is 0 Å². The van der Waals surface area contributed by atoms with Gasteiger partial charge in [-0.15, -0.1) is 0 Å². The number of H-pyrrole nitrogens is 1. The van der Waals surface area contributed by atoms with E-state index in [4.69, 9.17) is 4.74 Å². The molecule has 0 radical (unpaired) electrons. The number of aryl methyl sites for hydroxylation is 1. The van der Waals surface area contributed by atoms with Crippen LogP contribution in [-0.2, 0) is 6.54 Å². The van der Waals surface area contributed by atoms with Crippen molar-refractivity contribution in [2.24, 2.45) is 5.41 Å². The maximum atomic E-state index is 14.1. The summed E-state index contributed by atoms with van der Waals surface area (Å²) in [5.74, 6) is -4.95. The number of rotatable bonds is 6. The molecule has 1 aliphatic heterocycles. The summed E-state index contributed by atoms with van der Waals surface area (Å²) >= 11 is 0. The SMILES string of the molecule is COc1cc(C)c2[nH]ccc2c1CN1CCC2(C[C@@H]1c1ccc(C(=O)NC3(C)CC(F)(F)C3)cc1)CC(F)(F)C2. The molecule has 2 aliphatic carbocycles. The van der Waals surface area contributed by atoms with E-state index in [0.717, 1.165) is 33.3 Å². The molecule has 3 aromatic rings. The summed E-state index contributed by atoms with van der Waals surface area (Å²) < 4.78 is 60.7. The van der Waals surface area contributed by atoms with Gasteiger partial charge in [0.1, 0.15) is 5.75 Å². The molecular weight excluding hydrogens is 522 g/mol. The van der Waals surface area contributed by atoms with Crippen molar-refractivity contribution in [2.45, 2.75) is 82.3 Å². The molecule has 40 heavy (non-hydrogen) atoms. The van der Waals surface area contributed by atoms with Crippen LogP contribution in [0.15, 0.2) is 42.6 Å². The third-order valence-electron chi connectivity index (χ3n) is 9.23. The highest BCUT2D eigenvalue weighted by Gasteiger charge is 2.58. The average molecular weight is 558 g/mol. The number of methoxy groups -OCH3 is 1. The number of alkyl halides is 4. The standard InChI is InChI=1S/C31H35F4N3O2/c1-19-12-25(40-3)23(22-8-10-36-26(19)22)14-38-11-9-29(17-31(34,35)18-29)13-24(38)20-4-6-21(7-5-20)27(39)37-28(2)15-30(32,33)16-28/h4-8,10,12,24,36H,9,11,13-18H2,1-3H3,(H,37,39)/t24-/m1/s1. The van der Waals surface area contributed by atoms with Crippen LogP contribution in [0.2, 0.25) is 0 Å². The minimum Gasteiger partial charge on any atom is -0.496 e. The molecular formula is C31H35F4N3O2. The van der Waals surface area contributed by atoms with Crippen molar-refractivity contribution in [1.82, 2.24) is 15.2 Å². The molecule has 2 N–H and O–H groups in total. The molecule has 2 heterocycles. The number of aromatic nitrogens is 1. The average Bonchev–Trinajstić information content (AvgIpc) is 3.35. The number of hydrogen-bond donors (Lipinski definition) is 2. The molecule has 2 aromatic carbocycles. The number of likely N-dealkylation sites (tertiary alicyclic amines) is 1. The summed E-state index contributed by atoms with van der Waals surface area (Å²) in [5.41, 5.74) is 3.20. The highest BCUT2D eigenvalue weighted by Crippen LogP contribution is 2.60. The van der Waals surface area contributed by atoms with Crippen LogP contribution in [0.1, 0.15) is 78.5 Å². The molecule has 1 spiro atoms. The van der Waals surface area contributed by atoms with Crippen molar-refractivity contribution in [3.8, 4) is 5.75 Å². The lowest BCUT2D eigenvalue weighted by molar-refractivity contribution is -0.186. The molecule has 2 saturated carbocycles. The lowest BCUT2D eigenvalue weighted by atomic mass is 9.59. The van der Waals surface area contributed by atoms with Gasteiger partial charge in [-0.25, -0.2) is 17.6 Å². The number of carbonyl (C=O) groups is 1. The van der Waals surface area contributed by atoms with Crippen molar-refractivity contribution in [2.75, 3.05) is 13.7 Å². The number of nitrogens with one attached hydrogen (secondary N) is 2. The van der Waals surface area contributed by atoms with Gasteiger partial charge in [-0.2, -0.15) is 0 Å². The molecule has 6 rings (SSSR count). The summed E-state index contributed by atoms with van der Waals surface area (Å²) in [7, 11) is 1.66. The summed E-state index contributed by atoms with van der Waals surface area (Å²) in [4.78, 5) is 18.5. The Morgan fingerprint density at radius 2 is 1.75 bits per heavy atom. The zero-order chi connectivity index (χ0) is 28.5. The molecule has 3 fully saturated rings. The molecule has 9 heteroatoms. The van der Waals surface area contributed by atoms with Gasteiger partial charge in [-0.1, -0.05) is 12.1 Å². The van der Waals surface area contributed by atoms with Crippen molar-refractivity contribution in [1.29, 1.82) is 0 Å². The number of benzene rings is 2. The number of ether oxygens (including phenoxy) is 1. The minimum absolute atomic E-state index is 0.0933. The van der Waals surface area contributed by atoms with Crippen LogP contribution in [0, 0.1) is 12.3 Å². The zero-order valence-electron chi connectivity index (χ0n) is 23.1. The molecule has 5 nitrogen and oxygen atoms in total. The van der Waals surface area contributed by atoms with E-state index in [9.17, 15) is 22.4 Å². The molecule has 214 valence electrons. The van der Waals surface area contributed by atoms with Crippen LogP contribution < -0.4 is 10.1 Å². The van der Waals surface area contributed by atoms with E-state index in [2.05, 4.69) is 15.2 Å². The van der Waals surface area contributed by atoms with Crippen molar-refractivity contribution < 1.29 is 27.1 Å². The van der Waals surface area contributed by atoms with Gasteiger partial charge in [0.2, 0.25) is 5.92 Å². The van der Waals surface area contributed by atoms with E-state index in [-0.39, 0.29) is 37.6 Å². The Labute approximate surface area is 231 Å². The summed E-state index contributed by atoms with van der Waals surface area (Å²) in [5, 5.41) is 3.82. The van der Waals surface area contributed by atoms with Crippen LogP contribution >= 0.6 is 0 Å². The number of fused-ring (bicyclic) bond motifs is 1. The van der Waals surface area contributed by atoms with Crippen molar-refractivity contribution >= 4 is 16.8 Å². The molecule has 0 bridgehead atoms. The van der Waals surface area contributed by atoms with Gasteiger partial charge in [0, 0.05) is 72.0 Å². The molecule has 3 aliphatic rings. The second-order valence-electron chi connectivity index (χ2n) is 12.6. The van der Waals surface area contributed by atoms with Gasteiger partial charge in [0.05, 0.1) is 7.11 Å². The van der Waals surface area contributed by atoms with Crippen molar-refractivity contribution in [3.63, 3.8) is 0 Å². The number of aromatic amines is 1. The topological polar surface area (TPSA) is 57.4 Å². The second kappa shape index (κ2) is 9.23. The third-order valence-corrected chi connectivity index (χ3v) is 9.23. The maximum Gasteiger partial charge on any atom is 0.252 e. The van der Waals surface area contributed by atoms with E-state index >= 15 is 0 Å². The first-order chi connectivity index (χ1) is 18.8. The highest BCUT2D eigenvalue weighted by molar-refractivity contribution is 5.94. The minimum atomic E-state index is -2.74. The fourth-order valence-electron chi connectivity index (χ4n) is 7.43. The highest BCUT2D eigenvalue weighted by atomic mass is 19.3.